The molecule has 0 spiro atoms. The number of hydrogen-bond donors (Lipinski definition) is 1. The number of nitrogens with zero attached hydrogens (tertiary/aromatic N) is 4. The second-order valence-corrected chi connectivity index (χ2v) is 8.79. The number of hydrogen-bond acceptors (Lipinski definition) is 4. The van der Waals surface area contributed by atoms with Gasteiger partial charge in [-0.05, 0) is 25.0 Å². The number of aliphatic imine (C=N–C) groups is 1. The van der Waals surface area contributed by atoms with E-state index in [0.717, 1.165) is 31.2 Å². The van der Waals surface area contributed by atoms with Gasteiger partial charge in [-0.3, -0.25) is 9.67 Å². The van der Waals surface area contributed by atoms with Crippen molar-refractivity contribution < 1.29 is 4.74 Å². The SMILES string of the molecule is CN=C(NCC1(Sc2ccccc2)CC1)N1CCOC(c2cnn(C)c2)C1.I. The van der Waals surface area contributed by atoms with Crippen molar-refractivity contribution in [1.29, 1.82) is 0 Å². The van der Waals surface area contributed by atoms with Crippen LogP contribution in [0.1, 0.15) is 24.5 Å². The average molecular weight is 513 g/mol. The maximum Gasteiger partial charge on any atom is 0.193 e. The third-order valence-electron chi connectivity index (χ3n) is 5.13. The van der Waals surface area contributed by atoms with E-state index in [0.29, 0.717) is 11.4 Å². The Hall–Kier alpha value is -1.26. The zero-order valence-corrected chi connectivity index (χ0v) is 19.5. The normalized spacial score (nSPS) is 21.1. The zero-order chi connectivity index (χ0) is 18.7. The van der Waals surface area contributed by atoms with E-state index in [1.807, 2.05) is 42.9 Å². The highest BCUT2D eigenvalue weighted by Gasteiger charge is 2.44. The van der Waals surface area contributed by atoms with Crippen LogP contribution in [0.2, 0.25) is 0 Å². The minimum absolute atomic E-state index is 0. The summed E-state index contributed by atoms with van der Waals surface area (Å²) in [6, 6.07) is 10.7. The standard InChI is InChI=1S/C20H27N5OS.HI/c1-21-19(22-15-20(8-9-20)27-17-6-4-3-5-7-17)25-10-11-26-18(14-25)16-12-23-24(2)13-16;/h3-7,12-13,18H,8-11,14-15H2,1-2H3,(H,21,22);1H. The quantitative estimate of drug-likeness (QED) is 0.378. The van der Waals surface area contributed by atoms with Gasteiger partial charge in [0.15, 0.2) is 5.96 Å². The number of benzene rings is 1. The number of aryl methyl sites for hydroxylation is 1. The number of guanidine groups is 1. The lowest BCUT2D eigenvalue weighted by Crippen LogP contribution is -2.49. The van der Waals surface area contributed by atoms with Crippen molar-refractivity contribution in [2.24, 2.45) is 12.0 Å². The van der Waals surface area contributed by atoms with Crippen molar-refractivity contribution >= 4 is 41.7 Å². The predicted octanol–water partition coefficient (Wildman–Crippen LogP) is 3.31. The molecule has 8 heteroatoms. The molecule has 1 aromatic heterocycles. The zero-order valence-electron chi connectivity index (χ0n) is 16.4. The smallest absolute Gasteiger partial charge is 0.193 e. The predicted molar refractivity (Wildman–Crippen MR) is 125 cm³/mol. The van der Waals surface area contributed by atoms with Gasteiger partial charge in [0, 0.05) is 48.6 Å². The summed E-state index contributed by atoms with van der Waals surface area (Å²) in [4.78, 5) is 8.17. The molecule has 2 heterocycles. The Kier molecular flexibility index (Phi) is 7.27. The van der Waals surface area contributed by atoms with Crippen LogP contribution in [0.4, 0.5) is 0 Å². The van der Waals surface area contributed by atoms with Crippen LogP contribution >= 0.6 is 35.7 Å². The minimum Gasteiger partial charge on any atom is -0.370 e. The van der Waals surface area contributed by atoms with Gasteiger partial charge in [0.25, 0.3) is 0 Å². The second-order valence-electron chi connectivity index (χ2n) is 7.25. The Balaban J connectivity index is 0.00000225. The number of aromatic nitrogens is 2. The van der Waals surface area contributed by atoms with Gasteiger partial charge in [0.05, 0.1) is 19.3 Å². The first-order valence-corrected chi connectivity index (χ1v) is 10.3. The molecule has 1 atom stereocenters. The molecule has 6 nitrogen and oxygen atoms in total. The van der Waals surface area contributed by atoms with E-state index in [1.165, 1.54) is 17.7 Å². The van der Waals surface area contributed by atoms with E-state index in [2.05, 4.69) is 50.6 Å². The topological polar surface area (TPSA) is 54.7 Å². The van der Waals surface area contributed by atoms with Crippen LogP contribution in [0.15, 0.2) is 52.6 Å². The molecule has 152 valence electrons. The Morgan fingerprint density at radius 3 is 2.79 bits per heavy atom. The summed E-state index contributed by atoms with van der Waals surface area (Å²) in [5.41, 5.74) is 1.12. The molecule has 1 aliphatic carbocycles. The molecule has 0 radical (unpaired) electrons. The van der Waals surface area contributed by atoms with E-state index >= 15 is 0 Å². The molecule has 1 saturated heterocycles. The molecule has 2 fully saturated rings. The lowest BCUT2D eigenvalue weighted by atomic mass is 10.1. The van der Waals surface area contributed by atoms with Crippen LogP contribution < -0.4 is 5.32 Å². The number of thioether (sulfide) groups is 1. The molecule has 1 N–H and O–H groups in total. The molecule has 1 aromatic carbocycles. The molecular formula is C20H28IN5OS. The van der Waals surface area contributed by atoms with Crippen LogP contribution in [-0.4, -0.2) is 58.7 Å². The Bertz CT molecular complexity index is 793. The lowest BCUT2D eigenvalue weighted by molar-refractivity contribution is -0.00801. The fourth-order valence-electron chi connectivity index (χ4n) is 3.42. The third kappa shape index (κ3) is 5.21. The van der Waals surface area contributed by atoms with Crippen molar-refractivity contribution in [3.8, 4) is 0 Å². The van der Waals surface area contributed by atoms with Crippen LogP contribution in [0.3, 0.4) is 0 Å². The van der Waals surface area contributed by atoms with Crippen LogP contribution in [-0.2, 0) is 11.8 Å². The molecule has 4 rings (SSSR count). The van der Waals surface area contributed by atoms with E-state index in [-0.39, 0.29) is 30.1 Å². The number of rotatable bonds is 5. The Morgan fingerprint density at radius 1 is 1.36 bits per heavy atom. The number of morpholine rings is 1. The van der Waals surface area contributed by atoms with Crippen molar-refractivity contribution in [1.82, 2.24) is 20.0 Å². The van der Waals surface area contributed by atoms with Gasteiger partial charge in [-0.1, -0.05) is 18.2 Å². The van der Waals surface area contributed by atoms with Crippen molar-refractivity contribution in [2.75, 3.05) is 33.3 Å². The largest absolute Gasteiger partial charge is 0.370 e. The molecule has 0 amide bonds. The first-order chi connectivity index (χ1) is 13.2. The first kappa shape index (κ1) is 21.4. The maximum absolute atomic E-state index is 5.96. The monoisotopic (exact) mass is 513 g/mol. The van der Waals surface area contributed by atoms with Crippen LogP contribution in [0.5, 0.6) is 0 Å². The van der Waals surface area contributed by atoms with E-state index in [9.17, 15) is 0 Å². The molecule has 2 aromatic rings. The molecule has 1 unspecified atom stereocenters. The fraction of sp³-hybridized carbons (Fsp3) is 0.500. The highest BCUT2D eigenvalue weighted by molar-refractivity contribution is 14.0. The van der Waals surface area contributed by atoms with E-state index in [1.54, 1.807) is 0 Å². The van der Waals surface area contributed by atoms with Gasteiger partial charge in [-0.25, -0.2) is 0 Å². The van der Waals surface area contributed by atoms with E-state index < -0.39 is 0 Å². The van der Waals surface area contributed by atoms with Gasteiger partial charge in [0.1, 0.15) is 6.10 Å². The van der Waals surface area contributed by atoms with Gasteiger partial charge in [0.2, 0.25) is 0 Å². The average Bonchev–Trinajstić information content (AvgIpc) is 3.32. The molecule has 0 bridgehead atoms. The van der Waals surface area contributed by atoms with Crippen molar-refractivity contribution in [3.05, 3.63) is 48.3 Å². The summed E-state index contributed by atoms with van der Waals surface area (Å²) in [6.07, 6.45) is 6.45. The Labute approximate surface area is 188 Å². The summed E-state index contributed by atoms with van der Waals surface area (Å²) in [5, 5.41) is 7.89. The molecule has 2 aliphatic rings. The lowest BCUT2D eigenvalue weighted by Gasteiger charge is -2.35. The van der Waals surface area contributed by atoms with Gasteiger partial charge in [-0.2, -0.15) is 5.10 Å². The second kappa shape index (κ2) is 9.49. The summed E-state index contributed by atoms with van der Waals surface area (Å²) in [5.74, 6) is 0.965. The fourth-order valence-corrected chi connectivity index (χ4v) is 4.66. The maximum atomic E-state index is 5.96. The van der Waals surface area contributed by atoms with Crippen LogP contribution in [0, 0.1) is 0 Å². The highest BCUT2D eigenvalue weighted by atomic mass is 127. The highest BCUT2D eigenvalue weighted by Crippen LogP contribution is 2.51. The summed E-state index contributed by atoms with van der Waals surface area (Å²) >= 11 is 1.98. The number of ether oxygens (including phenoxy) is 1. The summed E-state index contributed by atoms with van der Waals surface area (Å²) < 4.78 is 8.08. The van der Waals surface area contributed by atoms with Crippen molar-refractivity contribution in [3.63, 3.8) is 0 Å². The van der Waals surface area contributed by atoms with Gasteiger partial charge < -0.3 is 15.0 Å². The summed E-state index contributed by atoms with van der Waals surface area (Å²) in [6.45, 7) is 3.29. The Morgan fingerprint density at radius 2 is 2.14 bits per heavy atom. The van der Waals surface area contributed by atoms with Crippen LogP contribution in [0.25, 0.3) is 0 Å². The van der Waals surface area contributed by atoms with Gasteiger partial charge in [-0.15, -0.1) is 35.7 Å². The first-order valence-electron chi connectivity index (χ1n) is 9.47. The third-order valence-corrected chi connectivity index (χ3v) is 6.62. The molecule has 1 aliphatic heterocycles. The molecule has 28 heavy (non-hydrogen) atoms. The summed E-state index contributed by atoms with van der Waals surface area (Å²) in [7, 11) is 3.80. The number of halogens is 1. The van der Waals surface area contributed by atoms with Crippen molar-refractivity contribution in [2.45, 2.75) is 28.6 Å². The number of nitrogens with one attached hydrogen (secondary N) is 1. The minimum atomic E-state index is 0. The molecule has 1 saturated carbocycles. The van der Waals surface area contributed by atoms with Gasteiger partial charge >= 0.3 is 0 Å². The van der Waals surface area contributed by atoms with E-state index in [4.69, 9.17) is 4.74 Å². The molecular weight excluding hydrogens is 485 g/mol.